The zero-order chi connectivity index (χ0) is 21.6. The number of furan rings is 1. The van der Waals surface area contributed by atoms with Gasteiger partial charge in [0.25, 0.3) is 5.91 Å². The van der Waals surface area contributed by atoms with Crippen molar-refractivity contribution >= 4 is 35.0 Å². The van der Waals surface area contributed by atoms with Gasteiger partial charge in [-0.15, -0.1) is 10.2 Å². The van der Waals surface area contributed by atoms with Gasteiger partial charge in [0.1, 0.15) is 11.5 Å². The van der Waals surface area contributed by atoms with Crippen LogP contribution in [0.15, 0.2) is 87.7 Å². The molecule has 0 aliphatic carbocycles. The van der Waals surface area contributed by atoms with Crippen molar-refractivity contribution in [1.82, 2.24) is 20.2 Å². The van der Waals surface area contributed by atoms with Crippen molar-refractivity contribution in [2.75, 3.05) is 5.75 Å². The van der Waals surface area contributed by atoms with Crippen molar-refractivity contribution < 1.29 is 9.21 Å². The van der Waals surface area contributed by atoms with Crippen molar-refractivity contribution in [3.8, 4) is 17.1 Å². The number of halogens is 1. The SMILES string of the molecule is C/C(=N\NC(=O)CSc1nnc(-c2ccccc2)n1-c1ccc(Cl)cc1)c1ccco1. The van der Waals surface area contributed by atoms with Gasteiger partial charge in [0.15, 0.2) is 11.0 Å². The first-order chi connectivity index (χ1) is 15.1. The summed E-state index contributed by atoms with van der Waals surface area (Å²) < 4.78 is 7.16. The zero-order valence-electron chi connectivity index (χ0n) is 16.5. The summed E-state index contributed by atoms with van der Waals surface area (Å²) in [6, 6.07) is 20.7. The second kappa shape index (κ2) is 9.63. The number of nitrogens with one attached hydrogen (secondary N) is 1. The fourth-order valence-corrected chi connectivity index (χ4v) is 3.68. The summed E-state index contributed by atoms with van der Waals surface area (Å²) in [6.07, 6.45) is 1.56. The molecule has 0 atom stereocenters. The van der Waals surface area contributed by atoms with Crippen molar-refractivity contribution in [1.29, 1.82) is 0 Å². The van der Waals surface area contributed by atoms with Crippen LogP contribution in [-0.2, 0) is 4.79 Å². The first-order valence-corrected chi connectivity index (χ1v) is 10.7. The highest BCUT2D eigenvalue weighted by molar-refractivity contribution is 7.99. The lowest BCUT2D eigenvalue weighted by Crippen LogP contribution is -2.21. The summed E-state index contributed by atoms with van der Waals surface area (Å²) in [5.74, 6) is 1.14. The predicted octanol–water partition coefficient (Wildman–Crippen LogP) is 4.81. The van der Waals surface area contributed by atoms with Gasteiger partial charge >= 0.3 is 0 Å². The molecular weight excluding hydrogens is 434 g/mol. The molecule has 156 valence electrons. The van der Waals surface area contributed by atoms with E-state index >= 15 is 0 Å². The summed E-state index contributed by atoms with van der Waals surface area (Å²) in [5, 5.41) is 14.0. The van der Waals surface area contributed by atoms with Crippen LogP contribution in [0.1, 0.15) is 12.7 Å². The molecule has 0 aliphatic rings. The third kappa shape index (κ3) is 5.04. The van der Waals surface area contributed by atoms with E-state index in [4.69, 9.17) is 16.0 Å². The Morgan fingerprint density at radius 1 is 1.10 bits per heavy atom. The normalized spacial score (nSPS) is 11.5. The van der Waals surface area contributed by atoms with Gasteiger partial charge in [-0.25, -0.2) is 5.43 Å². The minimum Gasteiger partial charge on any atom is -0.463 e. The topological polar surface area (TPSA) is 85.3 Å². The van der Waals surface area contributed by atoms with E-state index in [1.54, 1.807) is 37.5 Å². The molecule has 4 rings (SSSR count). The average Bonchev–Trinajstić information content (AvgIpc) is 3.48. The first kappa shape index (κ1) is 20.9. The van der Waals surface area contributed by atoms with Crippen molar-refractivity contribution in [3.63, 3.8) is 0 Å². The third-order valence-corrected chi connectivity index (χ3v) is 5.49. The summed E-state index contributed by atoms with van der Waals surface area (Å²) >= 11 is 7.32. The monoisotopic (exact) mass is 451 g/mol. The molecule has 4 aromatic rings. The fraction of sp³-hybridized carbons (Fsp3) is 0.0909. The maximum absolute atomic E-state index is 12.3. The number of hydrogen-bond donors (Lipinski definition) is 1. The summed E-state index contributed by atoms with van der Waals surface area (Å²) in [4.78, 5) is 12.3. The lowest BCUT2D eigenvalue weighted by Gasteiger charge is -2.10. The number of nitrogens with zero attached hydrogens (tertiary/aromatic N) is 4. The highest BCUT2D eigenvalue weighted by atomic mass is 35.5. The fourth-order valence-electron chi connectivity index (χ4n) is 2.81. The van der Waals surface area contributed by atoms with Gasteiger partial charge in [-0.2, -0.15) is 5.10 Å². The predicted molar refractivity (Wildman–Crippen MR) is 122 cm³/mol. The largest absolute Gasteiger partial charge is 0.463 e. The number of carbonyl (C=O) groups excluding carboxylic acids is 1. The molecule has 0 spiro atoms. The Kier molecular flexibility index (Phi) is 6.49. The van der Waals surface area contributed by atoms with Gasteiger partial charge in [0.2, 0.25) is 0 Å². The minimum absolute atomic E-state index is 0.120. The van der Waals surface area contributed by atoms with E-state index in [1.165, 1.54) is 11.8 Å². The number of hydrazone groups is 1. The van der Waals surface area contributed by atoms with Crippen molar-refractivity contribution in [2.24, 2.45) is 5.10 Å². The van der Waals surface area contributed by atoms with Crippen LogP contribution in [-0.4, -0.2) is 32.1 Å². The van der Waals surface area contributed by atoms with Gasteiger partial charge < -0.3 is 4.42 Å². The van der Waals surface area contributed by atoms with Gasteiger partial charge in [0, 0.05) is 16.3 Å². The highest BCUT2D eigenvalue weighted by Gasteiger charge is 2.17. The summed E-state index contributed by atoms with van der Waals surface area (Å²) in [5.41, 5.74) is 4.89. The van der Waals surface area contributed by atoms with E-state index in [9.17, 15) is 4.79 Å². The smallest absolute Gasteiger partial charge is 0.250 e. The molecule has 2 aromatic heterocycles. The number of amides is 1. The number of thioether (sulfide) groups is 1. The number of carbonyl (C=O) groups is 1. The number of hydrogen-bond acceptors (Lipinski definition) is 6. The molecule has 0 radical (unpaired) electrons. The van der Waals surface area contributed by atoms with E-state index in [-0.39, 0.29) is 11.7 Å². The van der Waals surface area contributed by atoms with Crippen LogP contribution in [0.4, 0.5) is 0 Å². The maximum atomic E-state index is 12.3. The Labute approximate surface area is 188 Å². The Hall–Kier alpha value is -3.36. The Bertz CT molecular complexity index is 1190. The van der Waals surface area contributed by atoms with Gasteiger partial charge in [-0.1, -0.05) is 53.7 Å². The quantitative estimate of drug-likeness (QED) is 0.247. The molecule has 2 heterocycles. The average molecular weight is 452 g/mol. The minimum atomic E-state index is -0.261. The van der Waals surface area contributed by atoms with E-state index in [0.717, 1.165) is 11.3 Å². The van der Waals surface area contributed by atoms with Crippen molar-refractivity contribution in [3.05, 3.63) is 83.8 Å². The van der Waals surface area contributed by atoms with Crippen LogP contribution in [0.2, 0.25) is 5.02 Å². The van der Waals surface area contributed by atoms with E-state index in [0.29, 0.717) is 27.5 Å². The van der Waals surface area contributed by atoms with Crippen LogP contribution in [0.3, 0.4) is 0 Å². The Balaban J connectivity index is 1.54. The van der Waals surface area contributed by atoms with E-state index in [1.807, 2.05) is 47.0 Å². The Morgan fingerprint density at radius 3 is 2.58 bits per heavy atom. The molecule has 9 heteroatoms. The molecule has 1 N–H and O–H groups in total. The standard InChI is InChI=1S/C22H18ClN5O2S/c1-15(19-8-5-13-30-19)24-25-20(29)14-31-22-27-26-21(16-6-3-2-4-7-16)28(22)18-11-9-17(23)10-12-18/h2-13H,14H2,1H3,(H,25,29)/b24-15+. The molecule has 0 saturated carbocycles. The lowest BCUT2D eigenvalue weighted by atomic mass is 10.2. The molecule has 1 amide bonds. The second-order valence-corrected chi connectivity index (χ2v) is 7.86. The number of aromatic nitrogens is 3. The zero-order valence-corrected chi connectivity index (χ0v) is 18.1. The van der Waals surface area contributed by atoms with Crippen molar-refractivity contribution in [2.45, 2.75) is 12.1 Å². The molecule has 0 unspecified atom stereocenters. The first-order valence-electron chi connectivity index (χ1n) is 9.38. The third-order valence-electron chi connectivity index (χ3n) is 4.31. The van der Waals surface area contributed by atoms with Crippen LogP contribution in [0.5, 0.6) is 0 Å². The second-order valence-electron chi connectivity index (χ2n) is 6.48. The van der Waals surface area contributed by atoms with Crippen LogP contribution >= 0.6 is 23.4 Å². The highest BCUT2D eigenvalue weighted by Crippen LogP contribution is 2.28. The molecule has 0 aliphatic heterocycles. The van der Waals surface area contributed by atoms with Gasteiger partial charge in [-0.05, 0) is 43.3 Å². The van der Waals surface area contributed by atoms with Gasteiger partial charge in [0.05, 0.1) is 12.0 Å². The lowest BCUT2D eigenvalue weighted by molar-refractivity contribution is -0.118. The number of benzene rings is 2. The molecule has 0 saturated heterocycles. The Morgan fingerprint density at radius 2 is 1.87 bits per heavy atom. The van der Waals surface area contributed by atoms with Gasteiger partial charge in [-0.3, -0.25) is 9.36 Å². The molecule has 2 aromatic carbocycles. The molecule has 7 nitrogen and oxygen atoms in total. The summed E-state index contributed by atoms with van der Waals surface area (Å²) in [7, 11) is 0. The van der Waals surface area contributed by atoms with E-state index in [2.05, 4.69) is 20.7 Å². The molecule has 0 fully saturated rings. The summed E-state index contributed by atoms with van der Waals surface area (Å²) in [6.45, 7) is 1.76. The molecule has 0 bridgehead atoms. The van der Waals surface area contributed by atoms with E-state index < -0.39 is 0 Å². The maximum Gasteiger partial charge on any atom is 0.250 e. The van der Waals surface area contributed by atoms with Crippen LogP contribution in [0.25, 0.3) is 17.1 Å². The molecule has 31 heavy (non-hydrogen) atoms. The number of rotatable bonds is 7. The molecular formula is C22H18ClN5O2S. The van der Waals surface area contributed by atoms with Crippen LogP contribution < -0.4 is 5.43 Å². The van der Waals surface area contributed by atoms with Crippen LogP contribution in [0, 0.1) is 0 Å².